The Morgan fingerprint density at radius 3 is 2.50 bits per heavy atom. The van der Waals surface area contributed by atoms with E-state index in [-0.39, 0.29) is 4.90 Å². The second-order valence-electron chi connectivity index (χ2n) is 3.22. The maximum absolute atomic E-state index is 12.0. The minimum Gasteiger partial charge on any atom is -0.398 e. The van der Waals surface area contributed by atoms with Crippen LogP contribution in [-0.4, -0.2) is 27.0 Å². The van der Waals surface area contributed by atoms with Gasteiger partial charge >= 0.3 is 0 Å². The van der Waals surface area contributed by atoms with Crippen molar-refractivity contribution in [1.82, 2.24) is 4.47 Å². The maximum atomic E-state index is 12.0. The minimum atomic E-state index is -3.66. The highest BCUT2D eigenvalue weighted by molar-refractivity contribution is 9.10. The molecule has 0 saturated heterocycles. The number of nitrogens with zero attached hydrogens (tertiary/aromatic N) is 1. The van der Waals surface area contributed by atoms with Crippen molar-refractivity contribution in [3.05, 3.63) is 22.2 Å². The van der Waals surface area contributed by atoms with Gasteiger partial charge < -0.3 is 5.73 Å². The molecule has 0 saturated carbocycles. The third kappa shape index (κ3) is 2.37. The maximum Gasteiger partial charge on any atom is 0.265 e. The molecule has 0 unspecified atom stereocenters. The number of sulfonamides is 1. The van der Waals surface area contributed by atoms with E-state index >= 15 is 0 Å². The molecule has 0 fully saturated rings. The van der Waals surface area contributed by atoms with E-state index in [2.05, 4.69) is 15.9 Å². The van der Waals surface area contributed by atoms with Crippen LogP contribution in [0.3, 0.4) is 0 Å². The van der Waals surface area contributed by atoms with Gasteiger partial charge in [0, 0.05) is 17.2 Å². The van der Waals surface area contributed by atoms with Gasteiger partial charge in [-0.3, -0.25) is 4.84 Å². The quantitative estimate of drug-likeness (QED) is 0.679. The van der Waals surface area contributed by atoms with Gasteiger partial charge in [0.25, 0.3) is 10.0 Å². The normalized spacial score (nSPS) is 12.1. The Balaban J connectivity index is 3.45. The summed E-state index contributed by atoms with van der Waals surface area (Å²) in [5.74, 6) is 0. The molecule has 0 bridgehead atoms. The summed E-state index contributed by atoms with van der Waals surface area (Å²) in [5.41, 5.74) is 6.63. The number of rotatable bonds is 3. The van der Waals surface area contributed by atoms with E-state index in [1.807, 2.05) is 0 Å². The largest absolute Gasteiger partial charge is 0.398 e. The molecule has 0 aliphatic carbocycles. The van der Waals surface area contributed by atoms with Crippen molar-refractivity contribution < 1.29 is 13.3 Å². The molecule has 0 heterocycles. The lowest BCUT2D eigenvalue weighted by molar-refractivity contribution is -0.0258. The Morgan fingerprint density at radius 2 is 2.00 bits per heavy atom. The number of anilines is 1. The third-order valence-corrected chi connectivity index (χ3v) is 4.50. The summed E-state index contributed by atoms with van der Waals surface area (Å²) in [6.45, 7) is 1.65. The molecule has 0 aliphatic heterocycles. The van der Waals surface area contributed by atoms with Gasteiger partial charge in [-0.25, -0.2) is 8.42 Å². The number of nitrogens with two attached hydrogens (primary N) is 1. The van der Waals surface area contributed by atoms with Crippen LogP contribution in [0.5, 0.6) is 0 Å². The molecule has 0 aromatic heterocycles. The molecule has 0 amide bonds. The minimum absolute atomic E-state index is 0.128. The highest BCUT2D eigenvalue weighted by atomic mass is 79.9. The molecule has 5 nitrogen and oxygen atoms in total. The summed E-state index contributed by atoms with van der Waals surface area (Å²) in [5, 5.41) is 0. The predicted molar refractivity (Wildman–Crippen MR) is 65.2 cm³/mol. The van der Waals surface area contributed by atoms with Crippen molar-refractivity contribution in [3.63, 3.8) is 0 Å². The number of halogens is 1. The van der Waals surface area contributed by atoms with Crippen LogP contribution in [0.2, 0.25) is 0 Å². The summed E-state index contributed by atoms with van der Waals surface area (Å²) in [6.07, 6.45) is 0. The van der Waals surface area contributed by atoms with E-state index in [4.69, 9.17) is 10.6 Å². The van der Waals surface area contributed by atoms with E-state index < -0.39 is 10.0 Å². The van der Waals surface area contributed by atoms with E-state index in [0.717, 1.165) is 4.47 Å². The topological polar surface area (TPSA) is 72.6 Å². The Morgan fingerprint density at radius 1 is 1.44 bits per heavy atom. The summed E-state index contributed by atoms with van der Waals surface area (Å²) >= 11 is 3.21. The molecule has 7 heteroatoms. The molecule has 0 spiro atoms. The van der Waals surface area contributed by atoms with Crippen molar-refractivity contribution in [2.24, 2.45) is 0 Å². The molecule has 1 aromatic carbocycles. The van der Waals surface area contributed by atoms with Crippen molar-refractivity contribution >= 4 is 31.6 Å². The fourth-order valence-corrected chi connectivity index (χ4v) is 3.06. The summed E-state index contributed by atoms with van der Waals surface area (Å²) < 4.78 is 25.4. The van der Waals surface area contributed by atoms with Crippen LogP contribution in [0.4, 0.5) is 5.69 Å². The van der Waals surface area contributed by atoms with E-state index in [9.17, 15) is 8.42 Å². The predicted octanol–water partition coefficient (Wildman–Crippen LogP) is 1.52. The molecule has 0 atom stereocenters. The molecule has 1 aromatic rings. The van der Waals surface area contributed by atoms with Crippen LogP contribution in [0.15, 0.2) is 21.5 Å². The second kappa shape index (κ2) is 4.70. The SMILES string of the molecule is CON(C)S(=O)(=O)c1cc(Br)cc(N)c1C. The Kier molecular flexibility index (Phi) is 3.95. The molecule has 1 rings (SSSR count). The van der Waals surface area contributed by atoms with Gasteiger partial charge in [-0.15, -0.1) is 0 Å². The monoisotopic (exact) mass is 308 g/mol. The van der Waals surface area contributed by atoms with Crippen molar-refractivity contribution in [2.45, 2.75) is 11.8 Å². The Labute approximate surface area is 103 Å². The van der Waals surface area contributed by atoms with E-state index in [1.54, 1.807) is 13.0 Å². The van der Waals surface area contributed by atoms with Gasteiger partial charge in [-0.2, -0.15) is 0 Å². The van der Waals surface area contributed by atoms with E-state index in [0.29, 0.717) is 15.7 Å². The molecular formula is C9H13BrN2O3S. The third-order valence-electron chi connectivity index (χ3n) is 2.24. The molecular weight excluding hydrogens is 296 g/mol. The average molecular weight is 309 g/mol. The molecule has 2 N–H and O–H groups in total. The Hall–Kier alpha value is -0.630. The highest BCUT2D eigenvalue weighted by Crippen LogP contribution is 2.27. The van der Waals surface area contributed by atoms with Crippen LogP contribution in [0.1, 0.15) is 5.56 Å². The molecule has 0 radical (unpaired) electrons. The smallest absolute Gasteiger partial charge is 0.265 e. The Bertz CT molecular complexity index is 502. The summed E-state index contributed by atoms with van der Waals surface area (Å²) in [4.78, 5) is 4.82. The number of benzene rings is 1. The number of hydrogen-bond donors (Lipinski definition) is 1. The molecule has 16 heavy (non-hydrogen) atoms. The van der Waals surface area contributed by atoms with Crippen LogP contribution in [0.25, 0.3) is 0 Å². The van der Waals surface area contributed by atoms with Crippen LogP contribution in [-0.2, 0) is 14.9 Å². The first-order valence-electron chi connectivity index (χ1n) is 4.39. The van der Waals surface area contributed by atoms with Crippen molar-refractivity contribution in [1.29, 1.82) is 0 Å². The van der Waals surface area contributed by atoms with Gasteiger partial charge in [-0.1, -0.05) is 20.4 Å². The van der Waals surface area contributed by atoms with Crippen LogP contribution in [0, 0.1) is 6.92 Å². The van der Waals surface area contributed by atoms with Gasteiger partial charge in [0.15, 0.2) is 0 Å². The zero-order valence-corrected chi connectivity index (χ0v) is 11.6. The average Bonchev–Trinajstić information content (AvgIpc) is 2.21. The van der Waals surface area contributed by atoms with Gasteiger partial charge in [0.05, 0.1) is 12.0 Å². The van der Waals surface area contributed by atoms with Crippen molar-refractivity contribution in [3.8, 4) is 0 Å². The van der Waals surface area contributed by atoms with Gasteiger partial charge in [0.2, 0.25) is 0 Å². The van der Waals surface area contributed by atoms with Crippen LogP contribution < -0.4 is 5.73 Å². The first-order valence-corrected chi connectivity index (χ1v) is 6.62. The first-order chi connectivity index (χ1) is 7.30. The molecule has 90 valence electrons. The zero-order chi connectivity index (χ0) is 12.5. The van der Waals surface area contributed by atoms with Crippen LogP contribution >= 0.6 is 15.9 Å². The fraction of sp³-hybridized carbons (Fsp3) is 0.333. The van der Waals surface area contributed by atoms with Crippen molar-refractivity contribution in [2.75, 3.05) is 19.9 Å². The van der Waals surface area contributed by atoms with Gasteiger partial charge in [-0.05, 0) is 24.6 Å². The summed E-state index contributed by atoms with van der Waals surface area (Å²) in [6, 6.07) is 3.15. The lowest BCUT2D eigenvalue weighted by Crippen LogP contribution is -2.26. The standard InChI is InChI=1S/C9H13BrN2O3S/c1-6-8(11)4-7(10)5-9(6)16(13,14)12(2)15-3/h4-5H,11H2,1-3H3. The number of hydroxylamine groups is 1. The number of nitrogen functional groups attached to an aromatic ring is 1. The van der Waals surface area contributed by atoms with E-state index in [1.165, 1.54) is 20.2 Å². The highest BCUT2D eigenvalue weighted by Gasteiger charge is 2.24. The zero-order valence-electron chi connectivity index (χ0n) is 9.19. The first kappa shape index (κ1) is 13.4. The van der Waals surface area contributed by atoms with Gasteiger partial charge in [0.1, 0.15) is 0 Å². The lowest BCUT2D eigenvalue weighted by Gasteiger charge is -2.16. The molecule has 0 aliphatic rings. The lowest BCUT2D eigenvalue weighted by atomic mass is 10.2. The number of hydrogen-bond acceptors (Lipinski definition) is 4. The fourth-order valence-electron chi connectivity index (χ4n) is 1.18. The summed E-state index contributed by atoms with van der Waals surface area (Å²) in [7, 11) is -1.05. The second-order valence-corrected chi connectivity index (χ2v) is 6.04.